The van der Waals surface area contributed by atoms with Gasteiger partial charge in [0.2, 0.25) is 0 Å². The maximum absolute atomic E-state index is 13.8. The first-order valence-corrected chi connectivity index (χ1v) is 8.09. The number of benzene rings is 2. The Labute approximate surface area is 141 Å². The second-order valence-corrected chi connectivity index (χ2v) is 6.30. The molecule has 23 heavy (non-hydrogen) atoms. The zero-order valence-electron chi connectivity index (χ0n) is 12.3. The molecule has 1 amide bonds. The monoisotopic (exact) mass is 380 g/mol. The minimum Gasteiger partial charge on any atom is -0.368 e. The highest BCUT2D eigenvalue weighted by Gasteiger charge is 2.24. The first-order valence-electron chi connectivity index (χ1n) is 7.29. The van der Waals surface area contributed by atoms with Gasteiger partial charge in [-0.3, -0.25) is 4.79 Å². The van der Waals surface area contributed by atoms with Gasteiger partial charge in [0.05, 0.1) is 5.56 Å². The van der Waals surface area contributed by atoms with E-state index in [0.717, 1.165) is 5.69 Å². The molecule has 1 fully saturated rings. The lowest BCUT2D eigenvalue weighted by Crippen LogP contribution is -2.49. The number of nitrogens with zero attached hydrogens (tertiary/aromatic N) is 2. The molecule has 0 unspecified atom stereocenters. The molecule has 3 rings (SSSR count). The van der Waals surface area contributed by atoms with Gasteiger partial charge in [0.25, 0.3) is 5.91 Å². The molecule has 1 aliphatic rings. The normalized spacial score (nSPS) is 14.9. The van der Waals surface area contributed by atoms with Gasteiger partial charge >= 0.3 is 0 Å². The minimum atomic E-state index is -0.515. The van der Waals surface area contributed by atoms with Crippen LogP contribution in [0.15, 0.2) is 46.9 Å². The summed E-state index contributed by atoms with van der Waals surface area (Å²) in [5, 5.41) is 0. The summed E-state index contributed by atoms with van der Waals surface area (Å²) in [6, 6.07) is 10.6. The molecule has 0 radical (unpaired) electrons. The molecule has 0 saturated carbocycles. The Balaban J connectivity index is 1.67. The summed E-state index contributed by atoms with van der Waals surface area (Å²) in [4.78, 5) is 16.2. The lowest BCUT2D eigenvalue weighted by atomic mass is 10.1. The molecule has 2 aromatic carbocycles. The number of halogens is 3. The van der Waals surface area contributed by atoms with Crippen molar-refractivity contribution in [2.24, 2.45) is 0 Å². The second kappa shape index (κ2) is 6.66. The van der Waals surface area contributed by atoms with Crippen molar-refractivity contribution in [2.75, 3.05) is 31.1 Å². The molecule has 2 aromatic rings. The molecule has 120 valence electrons. The highest BCUT2D eigenvalue weighted by Crippen LogP contribution is 2.20. The van der Waals surface area contributed by atoms with Gasteiger partial charge < -0.3 is 9.80 Å². The molecule has 1 heterocycles. The van der Waals surface area contributed by atoms with Crippen molar-refractivity contribution in [3.63, 3.8) is 0 Å². The van der Waals surface area contributed by atoms with E-state index < -0.39 is 5.82 Å². The van der Waals surface area contributed by atoms with Crippen LogP contribution in [0, 0.1) is 11.6 Å². The largest absolute Gasteiger partial charge is 0.368 e. The van der Waals surface area contributed by atoms with Crippen molar-refractivity contribution in [1.82, 2.24) is 4.90 Å². The van der Waals surface area contributed by atoms with Crippen molar-refractivity contribution in [3.05, 3.63) is 64.1 Å². The van der Waals surface area contributed by atoms with Gasteiger partial charge in [-0.15, -0.1) is 0 Å². The van der Waals surface area contributed by atoms with E-state index in [0.29, 0.717) is 30.7 Å². The van der Waals surface area contributed by atoms with Crippen LogP contribution in [0.2, 0.25) is 0 Å². The highest BCUT2D eigenvalue weighted by atomic mass is 79.9. The van der Waals surface area contributed by atoms with Gasteiger partial charge in [-0.25, -0.2) is 8.78 Å². The Morgan fingerprint density at radius 2 is 1.61 bits per heavy atom. The second-order valence-electron chi connectivity index (χ2n) is 5.38. The predicted octanol–water partition coefficient (Wildman–Crippen LogP) is 3.69. The number of hydrogen-bond acceptors (Lipinski definition) is 2. The summed E-state index contributed by atoms with van der Waals surface area (Å²) in [5.41, 5.74) is 1.00. The SMILES string of the molecule is O=C(c1cc(Br)ccc1F)N1CCN(c2ccc(F)cc2)CC1. The lowest BCUT2D eigenvalue weighted by Gasteiger charge is -2.36. The van der Waals surface area contributed by atoms with Crippen LogP contribution < -0.4 is 4.90 Å². The molecule has 3 nitrogen and oxygen atoms in total. The van der Waals surface area contributed by atoms with Crippen molar-refractivity contribution < 1.29 is 13.6 Å². The third kappa shape index (κ3) is 3.52. The first kappa shape index (κ1) is 15.9. The Hall–Kier alpha value is -1.95. The summed E-state index contributed by atoms with van der Waals surface area (Å²) in [6.07, 6.45) is 0. The Morgan fingerprint density at radius 1 is 0.957 bits per heavy atom. The third-order valence-corrected chi connectivity index (χ3v) is 4.41. The number of hydrogen-bond donors (Lipinski definition) is 0. The van der Waals surface area contributed by atoms with E-state index in [9.17, 15) is 13.6 Å². The fourth-order valence-electron chi connectivity index (χ4n) is 2.65. The average molecular weight is 381 g/mol. The Morgan fingerprint density at radius 3 is 2.26 bits per heavy atom. The van der Waals surface area contributed by atoms with E-state index in [1.54, 1.807) is 23.1 Å². The number of carbonyl (C=O) groups excluding carboxylic acids is 1. The number of amides is 1. The standard InChI is InChI=1S/C17H15BrF2N2O/c18-12-1-6-16(20)15(11-12)17(23)22-9-7-21(8-10-22)14-4-2-13(19)3-5-14/h1-6,11H,7-10H2. The number of anilines is 1. The zero-order valence-corrected chi connectivity index (χ0v) is 13.9. The van der Waals surface area contributed by atoms with Crippen LogP contribution in [-0.4, -0.2) is 37.0 Å². The van der Waals surface area contributed by atoms with E-state index in [1.807, 2.05) is 0 Å². The number of rotatable bonds is 2. The lowest BCUT2D eigenvalue weighted by molar-refractivity contribution is 0.0742. The topological polar surface area (TPSA) is 23.6 Å². The van der Waals surface area contributed by atoms with Crippen LogP contribution in [0.4, 0.5) is 14.5 Å². The zero-order chi connectivity index (χ0) is 16.4. The minimum absolute atomic E-state index is 0.0783. The fourth-order valence-corrected chi connectivity index (χ4v) is 3.01. The van der Waals surface area contributed by atoms with Gasteiger partial charge in [0, 0.05) is 36.3 Å². The quantitative estimate of drug-likeness (QED) is 0.792. The molecule has 0 atom stereocenters. The van der Waals surface area contributed by atoms with Crippen molar-refractivity contribution in [1.29, 1.82) is 0 Å². The van der Waals surface area contributed by atoms with Gasteiger partial charge in [-0.1, -0.05) is 15.9 Å². The molecular weight excluding hydrogens is 366 g/mol. The van der Waals surface area contributed by atoms with Crippen LogP contribution in [0.5, 0.6) is 0 Å². The summed E-state index contributed by atoms with van der Waals surface area (Å²) >= 11 is 3.26. The maximum Gasteiger partial charge on any atom is 0.256 e. The van der Waals surface area contributed by atoms with Crippen molar-refractivity contribution in [3.8, 4) is 0 Å². The number of piperazine rings is 1. The molecule has 0 aromatic heterocycles. The Bertz CT molecular complexity index is 713. The van der Waals surface area contributed by atoms with Crippen LogP contribution in [0.25, 0.3) is 0 Å². The summed E-state index contributed by atoms with van der Waals surface area (Å²) in [7, 11) is 0. The van der Waals surface area contributed by atoms with Crippen molar-refractivity contribution in [2.45, 2.75) is 0 Å². The molecule has 0 bridgehead atoms. The van der Waals surface area contributed by atoms with Crippen LogP contribution in [-0.2, 0) is 0 Å². The molecule has 0 N–H and O–H groups in total. The van der Waals surface area contributed by atoms with Gasteiger partial charge in [0.15, 0.2) is 0 Å². The summed E-state index contributed by atoms with van der Waals surface area (Å²) in [6.45, 7) is 2.27. The van der Waals surface area contributed by atoms with Crippen LogP contribution in [0.3, 0.4) is 0 Å². The van der Waals surface area contributed by atoms with E-state index in [4.69, 9.17) is 0 Å². The molecule has 1 aliphatic heterocycles. The average Bonchev–Trinajstić information content (AvgIpc) is 2.57. The van der Waals surface area contributed by atoms with Gasteiger partial charge in [-0.05, 0) is 42.5 Å². The van der Waals surface area contributed by atoms with Crippen LogP contribution >= 0.6 is 15.9 Å². The molecule has 0 spiro atoms. The van der Waals surface area contributed by atoms with E-state index in [-0.39, 0.29) is 17.3 Å². The molecular formula is C17H15BrF2N2O. The fraction of sp³-hybridized carbons (Fsp3) is 0.235. The Kier molecular flexibility index (Phi) is 4.61. The highest BCUT2D eigenvalue weighted by molar-refractivity contribution is 9.10. The van der Waals surface area contributed by atoms with Crippen LogP contribution in [0.1, 0.15) is 10.4 Å². The van der Waals surface area contributed by atoms with Gasteiger partial charge in [-0.2, -0.15) is 0 Å². The third-order valence-electron chi connectivity index (χ3n) is 3.92. The van der Waals surface area contributed by atoms with E-state index in [2.05, 4.69) is 20.8 Å². The predicted molar refractivity (Wildman–Crippen MR) is 88.6 cm³/mol. The smallest absolute Gasteiger partial charge is 0.256 e. The number of carbonyl (C=O) groups is 1. The first-order chi connectivity index (χ1) is 11.0. The van der Waals surface area contributed by atoms with Gasteiger partial charge in [0.1, 0.15) is 11.6 Å². The van der Waals surface area contributed by atoms with E-state index >= 15 is 0 Å². The molecule has 0 aliphatic carbocycles. The molecule has 1 saturated heterocycles. The van der Waals surface area contributed by atoms with Crippen molar-refractivity contribution >= 4 is 27.5 Å². The maximum atomic E-state index is 13.8. The molecule has 6 heteroatoms. The summed E-state index contributed by atoms with van der Waals surface area (Å²) in [5.74, 6) is -1.09. The summed E-state index contributed by atoms with van der Waals surface area (Å²) < 4.78 is 27.5. The van der Waals surface area contributed by atoms with E-state index in [1.165, 1.54) is 24.3 Å².